The second-order valence-corrected chi connectivity index (χ2v) is 13.7. The van der Waals surface area contributed by atoms with Gasteiger partial charge in [0.05, 0.1) is 18.5 Å². The fourth-order valence-electron chi connectivity index (χ4n) is 6.42. The van der Waals surface area contributed by atoms with E-state index in [4.69, 9.17) is 4.74 Å². The van der Waals surface area contributed by atoms with Gasteiger partial charge in [0.1, 0.15) is 17.8 Å². The van der Waals surface area contributed by atoms with Gasteiger partial charge in [-0.2, -0.15) is 4.99 Å². The first-order valence-electron chi connectivity index (χ1n) is 16.3. The zero-order valence-corrected chi connectivity index (χ0v) is 28.6. The molecule has 1 aliphatic heterocycles. The van der Waals surface area contributed by atoms with Gasteiger partial charge in [0.15, 0.2) is 11.0 Å². The molecule has 2 aliphatic rings. The van der Waals surface area contributed by atoms with Gasteiger partial charge in [-0.25, -0.2) is 14.5 Å². The molecule has 13 heteroatoms. The molecule has 0 bridgehead atoms. The Morgan fingerprint density at radius 1 is 1.02 bits per heavy atom. The number of urea groups is 1. The number of amides is 2. The van der Waals surface area contributed by atoms with Gasteiger partial charge in [0.25, 0.3) is 0 Å². The van der Waals surface area contributed by atoms with E-state index in [1.54, 1.807) is 18.9 Å². The van der Waals surface area contributed by atoms with Crippen molar-refractivity contribution in [2.75, 3.05) is 17.8 Å². The fourth-order valence-corrected chi connectivity index (χ4v) is 7.62. The Bertz CT molecular complexity index is 1790. The summed E-state index contributed by atoms with van der Waals surface area (Å²) < 4.78 is 48.4. The molecular weight excluding hydrogens is 653 g/mol. The van der Waals surface area contributed by atoms with Gasteiger partial charge < -0.3 is 19.7 Å². The number of thioether (sulfide) groups is 1. The van der Waals surface area contributed by atoms with E-state index >= 15 is 0 Å². The SMILES string of the molecule is COc1ccc(C(C)C)c(N2/C(=N/C(=O)NC3CCC(c4ccc(-c5ncn(-c6ccc(OC(F)(F)F)cc6)n5)cc4)C3)SCCC2C)c1. The number of carbonyl (C=O) groups excluding carboxylic acids is 1. The molecule has 3 unspecified atom stereocenters. The maximum absolute atomic E-state index is 13.3. The van der Waals surface area contributed by atoms with E-state index < -0.39 is 6.36 Å². The highest BCUT2D eigenvalue weighted by Gasteiger charge is 2.32. The lowest BCUT2D eigenvalue weighted by Crippen LogP contribution is -2.43. The lowest BCUT2D eigenvalue weighted by Gasteiger charge is -2.37. The maximum atomic E-state index is 13.3. The van der Waals surface area contributed by atoms with E-state index in [0.717, 1.165) is 48.4 Å². The summed E-state index contributed by atoms with van der Waals surface area (Å²) in [5.74, 6) is 2.45. The highest BCUT2D eigenvalue weighted by atomic mass is 32.2. The molecule has 9 nitrogen and oxygen atoms in total. The van der Waals surface area contributed by atoms with Gasteiger partial charge in [-0.3, -0.25) is 0 Å². The Kier molecular flexibility index (Phi) is 10.2. The van der Waals surface area contributed by atoms with Gasteiger partial charge in [0.2, 0.25) is 0 Å². The van der Waals surface area contributed by atoms with E-state index in [2.05, 4.69) is 69.0 Å². The minimum Gasteiger partial charge on any atom is -0.497 e. The summed E-state index contributed by atoms with van der Waals surface area (Å²) in [6, 6.07) is 19.5. The van der Waals surface area contributed by atoms with Crippen molar-refractivity contribution in [3.63, 3.8) is 0 Å². The number of ether oxygens (including phenoxy) is 2. The van der Waals surface area contributed by atoms with E-state index in [0.29, 0.717) is 28.5 Å². The molecule has 2 amide bonds. The Hall–Kier alpha value is -4.52. The van der Waals surface area contributed by atoms with Crippen LogP contribution in [0.4, 0.5) is 23.7 Å². The lowest BCUT2D eigenvalue weighted by atomic mass is 9.96. The summed E-state index contributed by atoms with van der Waals surface area (Å²) in [6.07, 6.45) is 0.380. The summed E-state index contributed by atoms with van der Waals surface area (Å²) in [4.78, 5) is 24.5. The van der Waals surface area contributed by atoms with Crippen molar-refractivity contribution in [3.8, 4) is 28.6 Å². The largest absolute Gasteiger partial charge is 0.573 e. The Labute approximate surface area is 287 Å². The number of alkyl halides is 3. The van der Waals surface area contributed by atoms with Crippen molar-refractivity contribution >= 4 is 28.6 Å². The minimum absolute atomic E-state index is 0.0225. The molecule has 0 spiro atoms. The summed E-state index contributed by atoms with van der Waals surface area (Å²) >= 11 is 1.61. The Balaban J connectivity index is 1.08. The van der Waals surface area contributed by atoms with Gasteiger partial charge >= 0.3 is 12.4 Å². The van der Waals surface area contributed by atoms with Crippen LogP contribution < -0.4 is 19.7 Å². The molecule has 6 rings (SSSR count). The third-order valence-electron chi connectivity index (χ3n) is 8.96. The first kappa shape index (κ1) is 34.3. The predicted molar refractivity (Wildman–Crippen MR) is 186 cm³/mol. The molecule has 1 aliphatic carbocycles. The number of aliphatic imine (C=N–C) groups is 1. The van der Waals surface area contributed by atoms with E-state index in [1.165, 1.54) is 46.4 Å². The van der Waals surface area contributed by atoms with Crippen LogP contribution in [-0.4, -0.2) is 57.3 Å². The van der Waals surface area contributed by atoms with Crippen LogP contribution in [0, 0.1) is 0 Å². The number of amidine groups is 1. The number of methoxy groups -OCH3 is 1. The van der Waals surface area contributed by atoms with E-state index in [9.17, 15) is 18.0 Å². The molecule has 1 N–H and O–H groups in total. The number of rotatable bonds is 8. The van der Waals surface area contributed by atoms with Crippen LogP contribution in [-0.2, 0) is 0 Å². The molecule has 4 aromatic rings. The number of hydrogen-bond donors (Lipinski definition) is 1. The minimum atomic E-state index is -4.75. The molecule has 49 heavy (non-hydrogen) atoms. The quantitative estimate of drug-likeness (QED) is 0.198. The monoisotopic (exact) mass is 692 g/mol. The van der Waals surface area contributed by atoms with Gasteiger partial charge in [0, 0.05) is 29.5 Å². The number of aromatic nitrogens is 3. The molecule has 0 radical (unpaired) electrons. The Morgan fingerprint density at radius 2 is 1.76 bits per heavy atom. The van der Waals surface area contributed by atoms with Crippen molar-refractivity contribution in [3.05, 3.63) is 84.2 Å². The average molecular weight is 693 g/mol. The summed E-state index contributed by atoms with van der Waals surface area (Å²) in [7, 11) is 1.66. The summed E-state index contributed by atoms with van der Waals surface area (Å²) in [5.41, 5.74) is 4.76. The van der Waals surface area contributed by atoms with Gasteiger partial charge in [-0.05, 0) is 85.9 Å². The number of anilines is 1. The summed E-state index contributed by atoms with van der Waals surface area (Å²) in [6.45, 7) is 6.50. The highest BCUT2D eigenvalue weighted by Crippen LogP contribution is 2.38. The van der Waals surface area contributed by atoms with Crippen molar-refractivity contribution in [2.24, 2.45) is 4.99 Å². The molecular formula is C36H39F3N6O3S. The number of hydrogen-bond acceptors (Lipinski definition) is 6. The van der Waals surface area contributed by atoms with Crippen LogP contribution in [0.2, 0.25) is 0 Å². The highest BCUT2D eigenvalue weighted by molar-refractivity contribution is 8.14. The third kappa shape index (κ3) is 8.21. The first-order valence-corrected chi connectivity index (χ1v) is 17.3. The molecule has 2 fully saturated rings. The molecule has 3 atom stereocenters. The lowest BCUT2D eigenvalue weighted by molar-refractivity contribution is -0.274. The molecule has 1 saturated carbocycles. The first-order chi connectivity index (χ1) is 23.5. The fraction of sp³-hybridized carbons (Fsp3) is 0.389. The molecule has 3 aromatic carbocycles. The summed E-state index contributed by atoms with van der Waals surface area (Å²) in [5, 5.41) is 8.37. The van der Waals surface area contributed by atoms with Crippen LogP contribution in [0.25, 0.3) is 17.1 Å². The molecule has 1 saturated heterocycles. The number of nitrogens with one attached hydrogen (secondary N) is 1. The van der Waals surface area contributed by atoms with Crippen molar-refractivity contribution in [1.82, 2.24) is 20.1 Å². The smallest absolute Gasteiger partial charge is 0.497 e. The molecule has 2 heterocycles. The maximum Gasteiger partial charge on any atom is 0.573 e. The zero-order chi connectivity index (χ0) is 34.7. The van der Waals surface area contributed by atoms with Crippen molar-refractivity contribution in [2.45, 2.75) is 76.7 Å². The number of benzene rings is 3. The van der Waals surface area contributed by atoms with E-state index in [-0.39, 0.29) is 23.9 Å². The van der Waals surface area contributed by atoms with Gasteiger partial charge in [-0.15, -0.1) is 18.3 Å². The number of halogens is 3. The third-order valence-corrected chi connectivity index (χ3v) is 9.94. The van der Waals surface area contributed by atoms with E-state index in [1.807, 2.05) is 24.3 Å². The van der Waals surface area contributed by atoms with Crippen LogP contribution in [0.1, 0.15) is 69.4 Å². The number of carbonyl (C=O) groups is 1. The van der Waals surface area contributed by atoms with Crippen LogP contribution in [0.3, 0.4) is 0 Å². The van der Waals surface area contributed by atoms with Crippen molar-refractivity contribution < 1.29 is 27.4 Å². The normalized spacial score (nSPS) is 20.5. The van der Waals surface area contributed by atoms with Crippen LogP contribution in [0.5, 0.6) is 11.5 Å². The van der Waals surface area contributed by atoms with Gasteiger partial charge in [-0.1, -0.05) is 55.9 Å². The number of nitrogens with zero attached hydrogens (tertiary/aromatic N) is 5. The average Bonchev–Trinajstić information content (AvgIpc) is 3.75. The topological polar surface area (TPSA) is 93.9 Å². The standard InChI is InChI=1S/C36H39F3N6O3S/c1-22(2)31-16-15-30(47-4)20-32(31)45-23(3)17-18-49-35(45)42-34(46)41-27-10-9-26(19-27)24-5-7-25(8-6-24)33-40-21-44(43-33)28-11-13-29(14-12-28)48-36(37,38)39/h5-8,11-16,20-23,26-27H,9-10,17-19H2,1-4H3,(H,41,46)/b42-35-. The Morgan fingerprint density at radius 3 is 2.45 bits per heavy atom. The van der Waals surface area contributed by atoms with Crippen LogP contribution >= 0.6 is 11.8 Å². The molecule has 258 valence electrons. The second kappa shape index (κ2) is 14.5. The second-order valence-electron chi connectivity index (χ2n) is 12.7. The van der Waals surface area contributed by atoms with Crippen LogP contribution in [0.15, 0.2) is 78.0 Å². The molecule has 1 aromatic heterocycles. The predicted octanol–water partition coefficient (Wildman–Crippen LogP) is 8.70. The van der Waals surface area contributed by atoms with Crippen molar-refractivity contribution in [1.29, 1.82) is 0 Å². The zero-order valence-electron chi connectivity index (χ0n) is 27.8.